The zero-order valence-electron chi connectivity index (χ0n) is 8.45. The minimum atomic E-state index is -1.09. The Bertz CT molecular complexity index is 476. The van der Waals surface area contributed by atoms with Crippen LogP contribution in [0, 0.1) is 20.2 Å². The van der Waals surface area contributed by atoms with Crippen molar-refractivity contribution >= 4 is 17.3 Å². The monoisotopic (exact) mass is 242 g/mol. The lowest BCUT2D eigenvalue weighted by atomic mass is 10.2. The number of benzene rings is 1. The zero-order chi connectivity index (χ0) is 13.2. The van der Waals surface area contributed by atoms with Gasteiger partial charge in [0.25, 0.3) is 5.75 Å². The Balaban J connectivity index is 3.41. The molecule has 90 valence electrons. The van der Waals surface area contributed by atoms with E-state index in [2.05, 4.69) is 4.74 Å². The molecule has 1 aromatic carbocycles. The fraction of sp³-hybridized carbons (Fsp3) is 0.125. The van der Waals surface area contributed by atoms with E-state index in [1.807, 2.05) is 0 Å². The first-order chi connectivity index (χ1) is 7.82. The number of hydrogen-bond donors (Lipinski definition) is 1. The molecule has 0 spiro atoms. The highest BCUT2D eigenvalue weighted by Gasteiger charge is 2.27. The van der Waals surface area contributed by atoms with Crippen molar-refractivity contribution in [3.05, 3.63) is 32.4 Å². The Morgan fingerprint density at radius 2 is 1.65 bits per heavy atom. The number of carbonyl (C=O) groups is 1. The quantitative estimate of drug-likeness (QED) is 0.363. The van der Waals surface area contributed by atoms with Crippen molar-refractivity contribution in [1.82, 2.24) is 0 Å². The van der Waals surface area contributed by atoms with E-state index in [9.17, 15) is 30.1 Å². The molecule has 0 bridgehead atoms. The summed E-state index contributed by atoms with van der Waals surface area (Å²) in [6.07, 6.45) is 0. The zero-order valence-corrected chi connectivity index (χ0v) is 8.45. The van der Waals surface area contributed by atoms with Crippen LogP contribution in [0.3, 0.4) is 0 Å². The van der Waals surface area contributed by atoms with Crippen LogP contribution in [0.4, 0.5) is 11.4 Å². The molecule has 0 saturated carbocycles. The number of nitro benzene ring substituents is 2. The van der Waals surface area contributed by atoms with Crippen molar-refractivity contribution in [2.24, 2.45) is 0 Å². The molecule has 0 radical (unpaired) electrons. The third-order valence-electron chi connectivity index (χ3n) is 1.70. The Labute approximate surface area is 93.5 Å². The second kappa shape index (κ2) is 4.43. The van der Waals surface area contributed by atoms with Crippen LogP contribution >= 0.6 is 0 Å². The number of phenols is 1. The van der Waals surface area contributed by atoms with Crippen molar-refractivity contribution in [2.45, 2.75) is 6.92 Å². The van der Waals surface area contributed by atoms with Crippen LogP contribution in [-0.2, 0) is 4.79 Å². The van der Waals surface area contributed by atoms with E-state index in [4.69, 9.17) is 0 Å². The summed E-state index contributed by atoms with van der Waals surface area (Å²) in [6, 6.07) is 1.45. The maximum absolute atomic E-state index is 10.6. The summed E-state index contributed by atoms with van der Waals surface area (Å²) >= 11 is 0. The summed E-state index contributed by atoms with van der Waals surface area (Å²) < 4.78 is 4.49. The summed E-state index contributed by atoms with van der Waals surface area (Å²) in [5.74, 6) is -2.26. The lowest BCUT2D eigenvalue weighted by Crippen LogP contribution is -2.03. The van der Waals surface area contributed by atoms with Gasteiger partial charge in [-0.25, -0.2) is 0 Å². The number of esters is 1. The number of carbonyl (C=O) groups excluding carboxylic acids is 1. The molecule has 0 aliphatic heterocycles. The molecule has 9 nitrogen and oxygen atoms in total. The summed E-state index contributed by atoms with van der Waals surface area (Å²) in [5.41, 5.74) is -1.81. The molecule has 9 heteroatoms. The van der Waals surface area contributed by atoms with Gasteiger partial charge in [0.1, 0.15) is 5.75 Å². The van der Waals surface area contributed by atoms with Gasteiger partial charge in [0, 0.05) is 6.92 Å². The Kier molecular flexibility index (Phi) is 3.22. The topological polar surface area (TPSA) is 133 Å². The number of nitrogens with zero attached hydrogens (tertiary/aromatic N) is 2. The van der Waals surface area contributed by atoms with Crippen LogP contribution in [0.5, 0.6) is 11.5 Å². The van der Waals surface area contributed by atoms with Gasteiger partial charge in [0.15, 0.2) is 0 Å². The normalized spacial score (nSPS) is 9.71. The van der Waals surface area contributed by atoms with Gasteiger partial charge >= 0.3 is 17.3 Å². The van der Waals surface area contributed by atoms with E-state index in [0.717, 1.165) is 19.1 Å². The molecular formula is C8H6N2O7. The van der Waals surface area contributed by atoms with Gasteiger partial charge in [-0.3, -0.25) is 25.0 Å². The SMILES string of the molecule is CC(=O)Oc1cc([N+](=O)[O-])c(O)c([N+](=O)[O-])c1. The minimum Gasteiger partial charge on any atom is -0.497 e. The first kappa shape index (κ1) is 12.4. The van der Waals surface area contributed by atoms with E-state index in [0.29, 0.717) is 0 Å². The smallest absolute Gasteiger partial charge is 0.321 e. The predicted molar refractivity (Wildman–Crippen MR) is 52.7 cm³/mol. The molecular weight excluding hydrogens is 236 g/mol. The molecule has 0 amide bonds. The number of aromatic hydroxyl groups is 1. The third-order valence-corrected chi connectivity index (χ3v) is 1.70. The van der Waals surface area contributed by atoms with Gasteiger partial charge in [-0.1, -0.05) is 0 Å². The van der Waals surface area contributed by atoms with Gasteiger partial charge in [0.2, 0.25) is 0 Å². The predicted octanol–water partition coefficient (Wildman–Crippen LogP) is 1.13. The molecule has 0 fully saturated rings. The van der Waals surface area contributed by atoms with Gasteiger partial charge in [-0.2, -0.15) is 0 Å². The average molecular weight is 242 g/mol. The fourth-order valence-corrected chi connectivity index (χ4v) is 1.08. The Morgan fingerprint density at radius 1 is 1.24 bits per heavy atom. The van der Waals surface area contributed by atoms with E-state index >= 15 is 0 Å². The molecule has 0 aliphatic rings. The van der Waals surface area contributed by atoms with Gasteiger partial charge in [0.05, 0.1) is 22.0 Å². The molecule has 0 unspecified atom stereocenters. The average Bonchev–Trinajstić information content (AvgIpc) is 2.18. The molecule has 0 atom stereocenters. The van der Waals surface area contributed by atoms with E-state index in [1.165, 1.54) is 0 Å². The van der Waals surface area contributed by atoms with Crippen LogP contribution in [0.1, 0.15) is 6.92 Å². The van der Waals surface area contributed by atoms with Crippen molar-refractivity contribution in [3.8, 4) is 11.5 Å². The van der Waals surface area contributed by atoms with Crippen LogP contribution in [-0.4, -0.2) is 20.9 Å². The Hall–Kier alpha value is -2.71. The van der Waals surface area contributed by atoms with Crippen molar-refractivity contribution in [3.63, 3.8) is 0 Å². The maximum atomic E-state index is 10.6. The van der Waals surface area contributed by atoms with E-state index < -0.39 is 32.9 Å². The summed E-state index contributed by atoms with van der Waals surface area (Å²) in [6.45, 7) is 1.03. The molecule has 0 aliphatic carbocycles. The number of ether oxygens (including phenoxy) is 1. The number of nitro groups is 2. The lowest BCUT2D eigenvalue weighted by Gasteiger charge is -2.02. The third kappa shape index (κ3) is 2.65. The highest BCUT2D eigenvalue weighted by Crippen LogP contribution is 2.39. The second-order valence-electron chi connectivity index (χ2n) is 2.92. The van der Waals surface area contributed by atoms with Crippen LogP contribution in [0.2, 0.25) is 0 Å². The molecule has 0 heterocycles. The molecule has 1 N–H and O–H groups in total. The van der Waals surface area contributed by atoms with E-state index in [1.54, 1.807) is 0 Å². The van der Waals surface area contributed by atoms with Crippen LogP contribution in [0.25, 0.3) is 0 Å². The molecule has 17 heavy (non-hydrogen) atoms. The first-order valence-corrected chi connectivity index (χ1v) is 4.17. The highest BCUT2D eigenvalue weighted by atomic mass is 16.6. The Morgan fingerprint density at radius 3 is 1.94 bits per heavy atom. The minimum absolute atomic E-state index is 0.381. The largest absolute Gasteiger partial charge is 0.497 e. The number of rotatable bonds is 3. The van der Waals surface area contributed by atoms with Gasteiger partial charge < -0.3 is 9.84 Å². The van der Waals surface area contributed by atoms with Crippen LogP contribution in [0.15, 0.2) is 12.1 Å². The second-order valence-corrected chi connectivity index (χ2v) is 2.92. The van der Waals surface area contributed by atoms with Gasteiger partial charge in [-0.15, -0.1) is 0 Å². The highest BCUT2D eigenvalue weighted by molar-refractivity contribution is 5.71. The van der Waals surface area contributed by atoms with E-state index in [-0.39, 0.29) is 5.75 Å². The molecule has 0 saturated heterocycles. The van der Waals surface area contributed by atoms with Crippen molar-refractivity contribution in [2.75, 3.05) is 0 Å². The standard InChI is InChI=1S/C8H6N2O7/c1-4(11)17-5-2-6(9(13)14)8(12)7(3-5)10(15)16/h2-3,12H,1H3. The maximum Gasteiger partial charge on any atom is 0.321 e. The van der Waals surface area contributed by atoms with Gasteiger partial charge in [-0.05, 0) is 0 Å². The number of hydrogen-bond acceptors (Lipinski definition) is 7. The molecule has 1 aromatic rings. The summed E-state index contributed by atoms with van der Waals surface area (Å²) in [7, 11) is 0. The lowest BCUT2D eigenvalue weighted by molar-refractivity contribution is -0.396. The molecule has 1 rings (SSSR count). The molecule has 0 aromatic heterocycles. The first-order valence-electron chi connectivity index (χ1n) is 4.17. The van der Waals surface area contributed by atoms with Crippen molar-refractivity contribution < 1.29 is 24.5 Å². The summed E-state index contributed by atoms with van der Waals surface area (Å²) in [4.78, 5) is 29.6. The fourth-order valence-electron chi connectivity index (χ4n) is 1.08. The number of phenolic OH excluding ortho intramolecular Hbond substituents is 1. The van der Waals surface area contributed by atoms with Crippen molar-refractivity contribution in [1.29, 1.82) is 0 Å². The summed E-state index contributed by atoms with van der Waals surface area (Å²) in [5, 5.41) is 30.3. The van der Waals surface area contributed by atoms with Crippen LogP contribution < -0.4 is 4.74 Å².